The normalized spacial score (nSPS) is 19.2. The zero-order valence-electron chi connectivity index (χ0n) is 22.0. The first-order valence-corrected chi connectivity index (χ1v) is 12.3. The van der Waals surface area contributed by atoms with Crippen molar-refractivity contribution in [2.45, 2.75) is 40.0 Å². The number of carbonyl (C=O) groups is 3. The lowest BCUT2D eigenvalue weighted by Crippen LogP contribution is -2.31. The van der Waals surface area contributed by atoms with Gasteiger partial charge in [-0.15, -0.1) is 0 Å². The molecule has 1 aliphatic rings. The Hall–Kier alpha value is -2.49. The number of rotatable bonds is 18. The van der Waals surface area contributed by atoms with E-state index in [1.54, 1.807) is 20.8 Å². The summed E-state index contributed by atoms with van der Waals surface area (Å²) in [4.78, 5) is 34.4. The molecule has 1 saturated carbocycles. The molecule has 0 spiro atoms. The second kappa shape index (κ2) is 17.9. The van der Waals surface area contributed by atoms with Gasteiger partial charge in [0, 0.05) is 36.5 Å². The molecule has 0 aromatic carbocycles. The average Bonchev–Trinajstić information content (AvgIpc) is 2.82. The molecule has 0 aliphatic heterocycles. The molecule has 9 nitrogen and oxygen atoms in total. The Morgan fingerprint density at radius 2 is 0.778 bits per heavy atom. The molecule has 0 unspecified atom stereocenters. The maximum Gasteiger partial charge on any atom is 0.333 e. The summed E-state index contributed by atoms with van der Waals surface area (Å²) in [6.07, 6.45) is 2.80. The summed E-state index contributed by atoms with van der Waals surface area (Å²) < 4.78 is 32.5. The smallest absolute Gasteiger partial charge is 0.333 e. The minimum atomic E-state index is -0.423. The van der Waals surface area contributed by atoms with E-state index in [0.29, 0.717) is 74.1 Å². The lowest BCUT2D eigenvalue weighted by molar-refractivity contribution is -0.141. The van der Waals surface area contributed by atoms with Crippen LogP contribution in [0.2, 0.25) is 0 Å². The molecule has 0 amide bonds. The highest BCUT2D eigenvalue weighted by Gasteiger charge is 2.29. The molecule has 0 N–H and O–H groups in total. The van der Waals surface area contributed by atoms with E-state index in [-0.39, 0.29) is 19.8 Å². The van der Waals surface area contributed by atoms with Gasteiger partial charge < -0.3 is 28.4 Å². The summed E-state index contributed by atoms with van der Waals surface area (Å²) in [7, 11) is 0. The van der Waals surface area contributed by atoms with Gasteiger partial charge in [-0.2, -0.15) is 0 Å². The molecule has 204 valence electrons. The van der Waals surface area contributed by atoms with Crippen LogP contribution < -0.4 is 0 Å². The summed E-state index contributed by atoms with van der Waals surface area (Å²) in [5.41, 5.74) is 1.07. The van der Waals surface area contributed by atoms with Gasteiger partial charge >= 0.3 is 17.9 Å². The van der Waals surface area contributed by atoms with Crippen LogP contribution in [0.15, 0.2) is 36.5 Å². The predicted octanol–water partition coefficient (Wildman–Crippen LogP) is 3.43. The van der Waals surface area contributed by atoms with E-state index in [1.807, 2.05) is 0 Å². The molecule has 0 atom stereocenters. The lowest BCUT2D eigenvalue weighted by atomic mass is 9.76. The van der Waals surface area contributed by atoms with Crippen molar-refractivity contribution in [3.05, 3.63) is 36.5 Å². The van der Waals surface area contributed by atoms with E-state index in [1.165, 1.54) is 0 Å². The number of esters is 3. The van der Waals surface area contributed by atoms with Crippen molar-refractivity contribution >= 4 is 17.9 Å². The van der Waals surface area contributed by atoms with E-state index in [9.17, 15) is 14.4 Å². The predicted molar refractivity (Wildman–Crippen MR) is 134 cm³/mol. The standard InChI is InChI=1S/C27H42O9/c1-19(2)25(28)34-10-7-31-16-22-13-23(17-32-8-11-35-26(29)20(3)4)15-24(14-22)18-33-9-12-36-27(30)21(5)6/h22-24H,1,3,5,7-18H2,2,4,6H3. The SMILES string of the molecule is C=C(C)C(=O)OCCOCC1CC(COCCOC(=O)C(=C)C)CC(COCCOC(=O)C(=C)C)C1. The van der Waals surface area contributed by atoms with E-state index >= 15 is 0 Å². The van der Waals surface area contributed by atoms with E-state index < -0.39 is 17.9 Å². The topological polar surface area (TPSA) is 107 Å². The fourth-order valence-electron chi connectivity index (χ4n) is 3.81. The third kappa shape index (κ3) is 14.2. The highest BCUT2D eigenvalue weighted by Crippen LogP contribution is 2.34. The Kier molecular flexibility index (Phi) is 15.6. The van der Waals surface area contributed by atoms with Crippen molar-refractivity contribution in [2.24, 2.45) is 17.8 Å². The molecule has 36 heavy (non-hydrogen) atoms. The third-order valence-corrected chi connectivity index (χ3v) is 5.49. The largest absolute Gasteiger partial charge is 0.460 e. The Labute approximate surface area is 214 Å². The second-order valence-electron chi connectivity index (χ2n) is 9.28. The van der Waals surface area contributed by atoms with E-state index in [0.717, 1.165) is 19.3 Å². The molecular weight excluding hydrogens is 468 g/mol. The summed E-state index contributed by atoms with van der Waals surface area (Å²) >= 11 is 0. The van der Waals surface area contributed by atoms with Gasteiger partial charge in [-0.1, -0.05) is 19.7 Å². The fourth-order valence-corrected chi connectivity index (χ4v) is 3.81. The number of carbonyl (C=O) groups excluding carboxylic acids is 3. The Balaban J connectivity index is 2.44. The van der Waals surface area contributed by atoms with Crippen LogP contribution in [0.1, 0.15) is 40.0 Å². The molecule has 1 rings (SSSR count). The number of hydrogen-bond acceptors (Lipinski definition) is 9. The molecule has 0 saturated heterocycles. The zero-order chi connectivity index (χ0) is 26.9. The quantitative estimate of drug-likeness (QED) is 0.119. The maximum absolute atomic E-state index is 11.5. The minimum absolute atomic E-state index is 0.184. The summed E-state index contributed by atoms with van der Waals surface area (Å²) in [5.74, 6) is -0.350. The van der Waals surface area contributed by atoms with Crippen LogP contribution in [0.3, 0.4) is 0 Å². The monoisotopic (exact) mass is 510 g/mol. The van der Waals surface area contributed by atoms with Gasteiger partial charge in [0.15, 0.2) is 0 Å². The van der Waals surface area contributed by atoms with Crippen LogP contribution in [0.5, 0.6) is 0 Å². The van der Waals surface area contributed by atoms with Crippen molar-refractivity contribution in [1.82, 2.24) is 0 Å². The van der Waals surface area contributed by atoms with Gasteiger partial charge in [0.2, 0.25) is 0 Å². The average molecular weight is 511 g/mol. The van der Waals surface area contributed by atoms with Crippen LogP contribution in [-0.4, -0.2) is 77.4 Å². The number of hydrogen-bond donors (Lipinski definition) is 0. The zero-order valence-corrected chi connectivity index (χ0v) is 22.0. The molecule has 1 aliphatic carbocycles. The van der Waals surface area contributed by atoms with Gasteiger partial charge in [-0.3, -0.25) is 0 Å². The molecule has 0 bridgehead atoms. The third-order valence-electron chi connectivity index (χ3n) is 5.49. The highest BCUT2D eigenvalue weighted by molar-refractivity contribution is 5.87. The Morgan fingerprint density at radius 3 is 1.00 bits per heavy atom. The summed E-state index contributed by atoms with van der Waals surface area (Å²) in [5, 5.41) is 0. The van der Waals surface area contributed by atoms with Crippen LogP contribution in [0, 0.1) is 17.8 Å². The summed E-state index contributed by atoms with van der Waals surface area (Å²) in [6, 6.07) is 0. The molecule has 0 aromatic heterocycles. The fraction of sp³-hybridized carbons (Fsp3) is 0.667. The van der Waals surface area contributed by atoms with Crippen LogP contribution in [0.25, 0.3) is 0 Å². The molecule has 0 radical (unpaired) electrons. The van der Waals surface area contributed by atoms with Crippen molar-refractivity contribution in [1.29, 1.82) is 0 Å². The lowest BCUT2D eigenvalue weighted by Gasteiger charge is -2.34. The van der Waals surface area contributed by atoms with E-state index in [4.69, 9.17) is 28.4 Å². The van der Waals surface area contributed by atoms with Crippen LogP contribution in [0.4, 0.5) is 0 Å². The Morgan fingerprint density at radius 1 is 0.528 bits per heavy atom. The van der Waals surface area contributed by atoms with Gasteiger partial charge in [-0.05, 0) is 57.8 Å². The minimum Gasteiger partial charge on any atom is -0.460 e. The van der Waals surface area contributed by atoms with Crippen molar-refractivity contribution in [3.63, 3.8) is 0 Å². The van der Waals surface area contributed by atoms with Gasteiger partial charge in [-0.25, -0.2) is 14.4 Å². The molecular formula is C27H42O9. The molecule has 0 aromatic rings. The molecule has 9 heteroatoms. The van der Waals surface area contributed by atoms with Crippen LogP contribution in [-0.2, 0) is 42.8 Å². The van der Waals surface area contributed by atoms with Crippen molar-refractivity contribution < 1.29 is 42.8 Å². The van der Waals surface area contributed by atoms with Crippen molar-refractivity contribution in [3.8, 4) is 0 Å². The molecule has 1 fully saturated rings. The first kappa shape index (κ1) is 31.5. The maximum atomic E-state index is 11.5. The van der Waals surface area contributed by atoms with E-state index in [2.05, 4.69) is 19.7 Å². The van der Waals surface area contributed by atoms with Crippen LogP contribution >= 0.6 is 0 Å². The summed E-state index contributed by atoms with van der Waals surface area (Å²) in [6.45, 7) is 18.6. The van der Waals surface area contributed by atoms with Gasteiger partial charge in [0.25, 0.3) is 0 Å². The van der Waals surface area contributed by atoms with Gasteiger partial charge in [0.1, 0.15) is 19.8 Å². The molecule has 0 heterocycles. The second-order valence-corrected chi connectivity index (χ2v) is 9.28. The number of ether oxygens (including phenoxy) is 6. The van der Waals surface area contributed by atoms with Gasteiger partial charge in [0.05, 0.1) is 19.8 Å². The first-order chi connectivity index (χ1) is 17.1. The van der Waals surface area contributed by atoms with Crippen molar-refractivity contribution in [2.75, 3.05) is 59.5 Å². The highest BCUT2D eigenvalue weighted by atomic mass is 16.6. The first-order valence-electron chi connectivity index (χ1n) is 12.3. The Bertz CT molecular complexity index is 652.